The molecule has 1 unspecified atom stereocenters. The van der Waals surface area contributed by atoms with Crippen LogP contribution in [0, 0.1) is 6.92 Å². The molecule has 19 heavy (non-hydrogen) atoms. The average molecular weight is 282 g/mol. The van der Waals surface area contributed by atoms with Crippen molar-refractivity contribution in [3.63, 3.8) is 0 Å². The first-order chi connectivity index (χ1) is 8.99. The van der Waals surface area contributed by atoms with Crippen LogP contribution in [0.4, 0.5) is 11.6 Å². The standard InChI is InChI=1S/C14H26N4S/c1-9(2)12-17-13(15-5)11(4)14(18-12)16-10(3)7-8-19-6/h9-10H,7-8H2,1-6H3,(H2,15,16,17,18). The van der Waals surface area contributed by atoms with Crippen molar-refractivity contribution in [2.75, 3.05) is 29.7 Å². The number of rotatable bonds is 7. The summed E-state index contributed by atoms with van der Waals surface area (Å²) in [7, 11) is 1.90. The van der Waals surface area contributed by atoms with E-state index in [1.165, 1.54) is 0 Å². The third kappa shape index (κ3) is 4.56. The highest BCUT2D eigenvalue weighted by Crippen LogP contribution is 2.23. The number of hydrogen-bond donors (Lipinski definition) is 2. The first-order valence-corrected chi connectivity index (χ1v) is 8.20. The van der Waals surface area contributed by atoms with Gasteiger partial charge in [-0.1, -0.05) is 13.8 Å². The second kappa shape index (κ2) is 7.58. The smallest absolute Gasteiger partial charge is 0.135 e. The molecule has 0 aliphatic heterocycles. The van der Waals surface area contributed by atoms with Crippen LogP contribution in [0.2, 0.25) is 0 Å². The molecular formula is C14H26N4S. The highest BCUT2D eigenvalue weighted by Gasteiger charge is 2.13. The molecule has 1 atom stereocenters. The van der Waals surface area contributed by atoms with Crippen LogP contribution in [-0.2, 0) is 0 Å². The summed E-state index contributed by atoms with van der Waals surface area (Å²) >= 11 is 1.88. The summed E-state index contributed by atoms with van der Waals surface area (Å²) in [5.41, 5.74) is 1.09. The Kier molecular flexibility index (Phi) is 6.42. The van der Waals surface area contributed by atoms with Crippen LogP contribution < -0.4 is 10.6 Å². The summed E-state index contributed by atoms with van der Waals surface area (Å²) in [6.07, 6.45) is 3.27. The van der Waals surface area contributed by atoms with E-state index < -0.39 is 0 Å². The molecule has 0 aliphatic rings. The minimum Gasteiger partial charge on any atom is -0.373 e. The zero-order valence-electron chi connectivity index (χ0n) is 12.9. The third-order valence-electron chi connectivity index (χ3n) is 3.05. The lowest BCUT2D eigenvalue weighted by atomic mass is 10.2. The van der Waals surface area contributed by atoms with E-state index in [1.54, 1.807) is 0 Å². The highest BCUT2D eigenvalue weighted by molar-refractivity contribution is 7.98. The fraction of sp³-hybridized carbons (Fsp3) is 0.714. The molecule has 1 rings (SSSR count). The lowest BCUT2D eigenvalue weighted by Gasteiger charge is -2.19. The lowest BCUT2D eigenvalue weighted by molar-refractivity contribution is 0.743. The van der Waals surface area contributed by atoms with Crippen LogP contribution in [0.1, 0.15) is 44.5 Å². The molecule has 0 saturated carbocycles. The van der Waals surface area contributed by atoms with Crippen molar-refractivity contribution in [3.05, 3.63) is 11.4 Å². The molecule has 1 aromatic rings. The normalized spacial score (nSPS) is 12.6. The number of hydrogen-bond acceptors (Lipinski definition) is 5. The second-order valence-corrected chi connectivity index (χ2v) is 6.12. The van der Waals surface area contributed by atoms with E-state index in [0.29, 0.717) is 12.0 Å². The zero-order valence-corrected chi connectivity index (χ0v) is 13.7. The van der Waals surface area contributed by atoms with Gasteiger partial charge in [-0.3, -0.25) is 0 Å². The monoisotopic (exact) mass is 282 g/mol. The van der Waals surface area contributed by atoms with Crippen molar-refractivity contribution in [3.8, 4) is 0 Å². The maximum atomic E-state index is 4.66. The topological polar surface area (TPSA) is 49.8 Å². The van der Waals surface area contributed by atoms with Crippen LogP contribution in [0.25, 0.3) is 0 Å². The van der Waals surface area contributed by atoms with E-state index in [-0.39, 0.29) is 0 Å². The van der Waals surface area contributed by atoms with Crippen LogP contribution in [-0.4, -0.2) is 35.1 Å². The predicted octanol–water partition coefficient (Wildman–Crippen LogP) is 3.50. The van der Waals surface area contributed by atoms with Gasteiger partial charge in [0.15, 0.2) is 0 Å². The van der Waals surface area contributed by atoms with E-state index in [4.69, 9.17) is 0 Å². The predicted molar refractivity (Wildman–Crippen MR) is 86.5 cm³/mol. The molecule has 1 heterocycles. The molecular weight excluding hydrogens is 256 g/mol. The van der Waals surface area contributed by atoms with Gasteiger partial charge in [0.2, 0.25) is 0 Å². The van der Waals surface area contributed by atoms with Crippen molar-refractivity contribution in [2.24, 2.45) is 0 Å². The Balaban J connectivity index is 2.94. The van der Waals surface area contributed by atoms with E-state index in [9.17, 15) is 0 Å². The maximum Gasteiger partial charge on any atom is 0.135 e. The molecule has 5 heteroatoms. The van der Waals surface area contributed by atoms with Crippen LogP contribution in [0.5, 0.6) is 0 Å². The molecule has 0 spiro atoms. The van der Waals surface area contributed by atoms with Gasteiger partial charge in [0.05, 0.1) is 0 Å². The van der Waals surface area contributed by atoms with Crippen molar-refractivity contribution in [1.82, 2.24) is 9.97 Å². The Bertz CT molecular complexity index is 407. The summed E-state index contributed by atoms with van der Waals surface area (Å²) in [5, 5.41) is 6.66. The van der Waals surface area contributed by atoms with Gasteiger partial charge in [0.25, 0.3) is 0 Å². The van der Waals surface area contributed by atoms with Crippen LogP contribution >= 0.6 is 11.8 Å². The largest absolute Gasteiger partial charge is 0.373 e. The molecule has 2 N–H and O–H groups in total. The fourth-order valence-electron chi connectivity index (χ4n) is 1.78. The minimum absolute atomic E-state index is 0.328. The Morgan fingerprint density at radius 1 is 1.16 bits per heavy atom. The molecule has 0 radical (unpaired) electrons. The SMILES string of the molecule is CNc1nc(C(C)C)nc(NC(C)CCSC)c1C. The van der Waals surface area contributed by atoms with Crippen molar-refractivity contribution < 1.29 is 0 Å². The van der Waals surface area contributed by atoms with E-state index in [2.05, 4.69) is 54.6 Å². The van der Waals surface area contributed by atoms with Gasteiger partial charge in [0.1, 0.15) is 17.5 Å². The number of thioether (sulfide) groups is 1. The van der Waals surface area contributed by atoms with Crippen molar-refractivity contribution in [1.29, 1.82) is 0 Å². The van der Waals surface area contributed by atoms with Gasteiger partial charge in [-0.2, -0.15) is 11.8 Å². The fourth-order valence-corrected chi connectivity index (χ4v) is 2.37. The molecule has 0 saturated heterocycles. The highest BCUT2D eigenvalue weighted by atomic mass is 32.2. The number of anilines is 2. The van der Waals surface area contributed by atoms with Gasteiger partial charge in [-0.15, -0.1) is 0 Å². The summed E-state index contributed by atoms with van der Waals surface area (Å²) in [5.74, 6) is 4.24. The third-order valence-corrected chi connectivity index (χ3v) is 3.70. The van der Waals surface area contributed by atoms with Gasteiger partial charge >= 0.3 is 0 Å². The van der Waals surface area contributed by atoms with Crippen molar-refractivity contribution in [2.45, 2.75) is 46.1 Å². The van der Waals surface area contributed by atoms with Gasteiger partial charge in [-0.25, -0.2) is 9.97 Å². The Hall–Kier alpha value is -0.970. The molecule has 0 aliphatic carbocycles. The average Bonchev–Trinajstić information content (AvgIpc) is 2.38. The molecule has 0 fully saturated rings. The molecule has 4 nitrogen and oxygen atoms in total. The summed E-state index contributed by atoms with van der Waals surface area (Å²) < 4.78 is 0. The first-order valence-electron chi connectivity index (χ1n) is 6.81. The second-order valence-electron chi connectivity index (χ2n) is 5.14. The summed E-state index contributed by atoms with van der Waals surface area (Å²) in [4.78, 5) is 9.21. The zero-order chi connectivity index (χ0) is 14.4. The molecule has 0 amide bonds. The Morgan fingerprint density at radius 3 is 2.32 bits per heavy atom. The van der Waals surface area contributed by atoms with Crippen molar-refractivity contribution >= 4 is 23.4 Å². The maximum absolute atomic E-state index is 4.66. The van der Waals surface area contributed by atoms with E-state index in [0.717, 1.165) is 35.2 Å². The summed E-state index contributed by atoms with van der Waals surface area (Å²) in [6.45, 7) is 8.49. The number of nitrogens with one attached hydrogen (secondary N) is 2. The minimum atomic E-state index is 0.328. The van der Waals surface area contributed by atoms with Crippen LogP contribution in [0.15, 0.2) is 0 Å². The number of aromatic nitrogens is 2. The number of nitrogens with zero attached hydrogens (tertiary/aromatic N) is 2. The molecule has 0 aromatic carbocycles. The van der Waals surface area contributed by atoms with Gasteiger partial charge in [0, 0.05) is 24.6 Å². The molecule has 1 aromatic heterocycles. The first kappa shape index (κ1) is 16.1. The quantitative estimate of drug-likeness (QED) is 0.801. The van der Waals surface area contributed by atoms with E-state index in [1.807, 2.05) is 18.8 Å². The summed E-state index contributed by atoms with van der Waals surface area (Å²) in [6, 6.07) is 0.422. The Morgan fingerprint density at radius 2 is 1.79 bits per heavy atom. The molecule has 0 bridgehead atoms. The molecule has 108 valence electrons. The van der Waals surface area contributed by atoms with E-state index >= 15 is 0 Å². The lowest BCUT2D eigenvalue weighted by Crippen LogP contribution is -2.19. The van der Waals surface area contributed by atoms with Gasteiger partial charge < -0.3 is 10.6 Å². The van der Waals surface area contributed by atoms with Gasteiger partial charge in [-0.05, 0) is 32.3 Å². The Labute approximate surface area is 121 Å². The van der Waals surface area contributed by atoms with Crippen LogP contribution in [0.3, 0.4) is 0 Å².